The number of amides is 1. The van der Waals surface area contributed by atoms with Crippen molar-refractivity contribution in [2.45, 2.75) is 26.3 Å². The van der Waals surface area contributed by atoms with Crippen molar-refractivity contribution in [2.75, 3.05) is 26.2 Å². The molecule has 0 aliphatic carbocycles. The van der Waals surface area contributed by atoms with E-state index in [0.717, 1.165) is 25.0 Å². The van der Waals surface area contributed by atoms with Crippen LogP contribution in [0.2, 0.25) is 0 Å². The molecule has 1 atom stereocenters. The number of benzene rings is 2. The first-order valence-electron chi connectivity index (χ1n) is 11.2. The summed E-state index contributed by atoms with van der Waals surface area (Å²) < 4.78 is 19.3. The van der Waals surface area contributed by atoms with Crippen molar-refractivity contribution in [1.82, 2.24) is 9.80 Å². The fourth-order valence-electron chi connectivity index (χ4n) is 4.34. The van der Waals surface area contributed by atoms with Crippen molar-refractivity contribution in [3.63, 3.8) is 0 Å². The average molecular weight is 451 g/mol. The van der Waals surface area contributed by atoms with Crippen LogP contribution >= 0.6 is 0 Å². The van der Waals surface area contributed by atoms with E-state index in [1.54, 1.807) is 18.2 Å². The van der Waals surface area contributed by atoms with Crippen LogP contribution in [-0.2, 0) is 4.79 Å². The van der Waals surface area contributed by atoms with Crippen LogP contribution in [0.15, 0.2) is 70.3 Å². The summed E-state index contributed by atoms with van der Waals surface area (Å²) in [5, 5.41) is 11.5. The minimum atomic E-state index is -0.824. The highest BCUT2D eigenvalue weighted by molar-refractivity contribution is 6.16. The molecule has 1 amide bonds. The molecule has 1 N–H and O–H groups in total. The van der Waals surface area contributed by atoms with Crippen molar-refractivity contribution in [3.05, 3.63) is 83.1 Å². The van der Waals surface area contributed by atoms with Gasteiger partial charge in [0.05, 0.1) is 11.6 Å². The summed E-state index contributed by atoms with van der Waals surface area (Å²) in [6, 6.07) is 13.6. The summed E-state index contributed by atoms with van der Waals surface area (Å²) in [4.78, 5) is 30.2. The van der Waals surface area contributed by atoms with E-state index in [-0.39, 0.29) is 11.3 Å². The van der Waals surface area contributed by atoms with Crippen LogP contribution in [0.3, 0.4) is 0 Å². The number of fused-ring (bicyclic) bond motifs is 1. The van der Waals surface area contributed by atoms with Crippen LogP contribution in [0.5, 0.6) is 0 Å². The number of hydrogen-bond donors (Lipinski definition) is 1. The monoisotopic (exact) mass is 450 g/mol. The van der Waals surface area contributed by atoms with E-state index in [0.29, 0.717) is 24.1 Å². The van der Waals surface area contributed by atoms with Crippen molar-refractivity contribution in [3.8, 4) is 0 Å². The second-order valence-corrected chi connectivity index (χ2v) is 8.07. The van der Waals surface area contributed by atoms with Gasteiger partial charge in [-0.1, -0.05) is 44.2 Å². The molecule has 0 spiro atoms. The zero-order valence-electron chi connectivity index (χ0n) is 18.8. The number of carbonyl (C=O) groups is 2. The van der Waals surface area contributed by atoms with Crippen molar-refractivity contribution < 1.29 is 23.5 Å². The van der Waals surface area contributed by atoms with Gasteiger partial charge in [-0.15, -0.1) is 0 Å². The summed E-state index contributed by atoms with van der Waals surface area (Å²) in [5.41, 5.74) is 1.05. The molecular weight excluding hydrogens is 423 g/mol. The Balaban J connectivity index is 1.69. The molecule has 1 aliphatic rings. The Kier molecular flexibility index (Phi) is 6.60. The van der Waals surface area contributed by atoms with Gasteiger partial charge >= 0.3 is 0 Å². The highest BCUT2D eigenvalue weighted by Crippen LogP contribution is 2.39. The zero-order valence-corrected chi connectivity index (χ0v) is 18.8. The minimum absolute atomic E-state index is 0.0441. The maximum Gasteiger partial charge on any atom is 0.290 e. The number of para-hydroxylation sites is 1. The van der Waals surface area contributed by atoms with Crippen LogP contribution in [-0.4, -0.2) is 52.8 Å². The first kappa shape index (κ1) is 22.7. The second kappa shape index (κ2) is 9.58. The van der Waals surface area contributed by atoms with Crippen LogP contribution in [0, 0.1) is 5.82 Å². The third kappa shape index (κ3) is 4.41. The lowest BCUT2D eigenvalue weighted by Crippen LogP contribution is -2.34. The maximum absolute atomic E-state index is 13.6. The predicted octanol–water partition coefficient (Wildman–Crippen LogP) is 4.88. The Morgan fingerprint density at radius 1 is 1.12 bits per heavy atom. The lowest BCUT2D eigenvalue weighted by molar-refractivity contribution is -0.129. The van der Waals surface area contributed by atoms with Gasteiger partial charge in [0.2, 0.25) is 5.78 Å². The summed E-state index contributed by atoms with van der Waals surface area (Å²) in [6.07, 6.45) is 0.671. The molecule has 0 radical (unpaired) electrons. The highest BCUT2D eigenvalue weighted by atomic mass is 19.1. The first-order chi connectivity index (χ1) is 15.9. The van der Waals surface area contributed by atoms with Gasteiger partial charge in [-0.25, -0.2) is 4.39 Å². The Morgan fingerprint density at radius 2 is 1.82 bits per heavy atom. The molecule has 7 heteroatoms. The van der Waals surface area contributed by atoms with Crippen molar-refractivity contribution >= 4 is 22.7 Å². The lowest BCUT2D eigenvalue weighted by Gasteiger charge is -2.28. The topological polar surface area (TPSA) is 74.0 Å². The predicted molar refractivity (Wildman–Crippen MR) is 123 cm³/mol. The molecule has 0 fully saturated rings. The lowest BCUT2D eigenvalue weighted by atomic mass is 9.95. The third-order valence-corrected chi connectivity index (χ3v) is 6.15. The van der Waals surface area contributed by atoms with Crippen molar-refractivity contribution in [1.29, 1.82) is 0 Å². The zero-order chi connectivity index (χ0) is 23.5. The van der Waals surface area contributed by atoms with Gasteiger partial charge in [-0.05, 0) is 55.9 Å². The molecule has 4 rings (SSSR count). The van der Waals surface area contributed by atoms with Crippen LogP contribution in [0.1, 0.15) is 42.4 Å². The molecule has 0 bridgehead atoms. The number of aliphatic hydroxyl groups excluding tert-OH is 1. The number of hydrogen-bond acceptors (Lipinski definition) is 5. The minimum Gasteiger partial charge on any atom is -0.503 e. The number of aliphatic hydroxyl groups is 1. The summed E-state index contributed by atoms with van der Waals surface area (Å²) >= 11 is 0. The van der Waals surface area contributed by atoms with Gasteiger partial charge in [-0.2, -0.15) is 0 Å². The second-order valence-electron chi connectivity index (χ2n) is 8.07. The van der Waals surface area contributed by atoms with E-state index in [2.05, 4.69) is 18.7 Å². The number of nitrogens with zero attached hydrogens (tertiary/aromatic N) is 2. The van der Waals surface area contributed by atoms with Gasteiger partial charge in [0.25, 0.3) is 5.91 Å². The smallest absolute Gasteiger partial charge is 0.290 e. The molecule has 3 aromatic rings. The van der Waals surface area contributed by atoms with Crippen molar-refractivity contribution in [2.24, 2.45) is 0 Å². The fraction of sp³-hybridized carbons (Fsp3) is 0.308. The number of Topliss-reactive ketones (excluding diaryl/α,β-unsaturated/α-hetero) is 1. The molecule has 0 saturated carbocycles. The van der Waals surface area contributed by atoms with Gasteiger partial charge in [0, 0.05) is 11.9 Å². The van der Waals surface area contributed by atoms with Crippen LogP contribution < -0.4 is 0 Å². The van der Waals surface area contributed by atoms with Crippen LogP contribution in [0.4, 0.5) is 4.39 Å². The fourth-order valence-corrected chi connectivity index (χ4v) is 4.34. The first-order valence-corrected chi connectivity index (χ1v) is 11.2. The largest absolute Gasteiger partial charge is 0.503 e. The molecule has 1 aromatic heterocycles. The number of halogens is 1. The normalized spacial score (nSPS) is 16.4. The van der Waals surface area contributed by atoms with E-state index in [9.17, 15) is 19.1 Å². The van der Waals surface area contributed by atoms with E-state index in [1.165, 1.54) is 29.2 Å². The van der Waals surface area contributed by atoms with E-state index >= 15 is 0 Å². The van der Waals surface area contributed by atoms with E-state index < -0.39 is 29.3 Å². The SMILES string of the molecule is CCN(CC)CCCN1C(=O)C(O)=C(C(=O)c2cc3ccccc3o2)[C@@H]1c1ccc(F)cc1. The van der Waals surface area contributed by atoms with Gasteiger partial charge in [0.1, 0.15) is 11.4 Å². The Bertz CT molecular complexity index is 1160. The molecule has 172 valence electrons. The molecular formula is C26H27FN2O4. The molecule has 0 saturated heterocycles. The average Bonchev–Trinajstić information content (AvgIpc) is 3.37. The Morgan fingerprint density at radius 3 is 2.48 bits per heavy atom. The maximum atomic E-state index is 13.6. The summed E-state index contributed by atoms with van der Waals surface area (Å²) in [6.45, 7) is 7.06. The van der Waals surface area contributed by atoms with Gasteiger partial charge < -0.3 is 19.3 Å². The molecule has 33 heavy (non-hydrogen) atoms. The van der Waals surface area contributed by atoms with Gasteiger partial charge in [-0.3, -0.25) is 9.59 Å². The van der Waals surface area contributed by atoms with E-state index in [4.69, 9.17) is 4.42 Å². The third-order valence-electron chi connectivity index (χ3n) is 6.15. The van der Waals surface area contributed by atoms with Gasteiger partial charge in [0.15, 0.2) is 11.5 Å². The Labute approximate surface area is 191 Å². The molecule has 6 nitrogen and oxygen atoms in total. The number of furan rings is 1. The molecule has 2 heterocycles. The molecule has 1 aliphatic heterocycles. The summed E-state index contributed by atoms with van der Waals surface area (Å²) in [5.74, 6) is -2.13. The molecule has 2 aromatic carbocycles. The highest BCUT2D eigenvalue weighted by Gasteiger charge is 2.44. The number of carbonyl (C=O) groups excluding carboxylic acids is 2. The quantitative estimate of drug-likeness (QED) is 0.470. The Hall–Kier alpha value is -3.45. The number of ketones is 1. The van der Waals surface area contributed by atoms with Crippen LogP contribution in [0.25, 0.3) is 11.0 Å². The van der Waals surface area contributed by atoms with E-state index in [1.807, 2.05) is 12.1 Å². The standard InChI is InChI=1S/C26H27FN2O4/c1-3-28(4-2)14-7-15-29-23(17-10-12-19(27)13-11-17)22(25(31)26(29)32)24(30)21-16-18-8-5-6-9-20(18)33-21/h5-6,8-13,16,23,31H,3-4,7,14-15H2,1-2H3/t23-/m0/s1. The number of rotatable bonds is 9. The molecule has 0 unspecified atom stereocenters. The summed E-state index contributed by atoms with van der Waals surface area (Å²) in [7, 11) is 0.